The number of ether oxygens (including phenoxy) is 2. The third-order valence-electron chi connectivity index (χ3n) is 2.77. The fraction of sp³-hybridized carbons (Fsp3) is 0.133. The van der Waals surface area contributed by atoms with Gasteiger partial charge in [-0.3, -0.25) is 0 Å². The molecule has 2 aromatic carbocycles. The van der Waals surface area contributed by atoms with Gasteiger partial charge in [0.25, 0.3) is 0 Å². The summed E-state index contributed by atoms with van der Waals surface area (Å²) in [4.78, 5) is 4.37. The molecule has 0 radical (unpaired) electrons. The molecule has 1 N–H and O–H groups in total. The molecule has 4 heteroatoms. The van der Waals surface area contributed by atoms with Gasteiger partial charge in [-0.25, -0.2) is 4.99 Å². The molecule has 0 saturated carbocycles. The molecule has 0 atom stereocenters. The SMILES string of the molecule is C1=Nc2ccccc2OCCOc2ccccc2N1. The molecule has 3 rings (SSSR count). The van der Waals surface area contributed by atoms with Gasteiger partial charge in [-0.1, -0.05) is 24.3 Å². The number of fused-ring (bicyclic) bond motifs is 2. The zero-order chi connectivity index (χ0) is 12.9. The van der Waals surface area contributed by atoms with Crippen LogP contribution in [0.3, 0.4) is 0 Å². The molecule has 0 unspecified atom stereocenters. The van der Waals surface area contributed by atoms with E-state index >= 15 is 0 Å². The first-order valence-corrected chi connectivity index (χ1v) is 6.16. The van der Waals surface area contributed by atoms with Crippen LogP contribution in [0.5, 0.6) is 11.5 Å². The maximum absolute atomic E-state index is 5.69. The van der Waals surface area contributed by atoms with Gasteiger partial charge >= 0.3 is 0 Å². The van der Waals surface area contributed by atoms with E-state index in [0.717, 1.165) is 22.9 Å². The van der Waals surface area contributed by atoms with Crippen molar-refractivity contribution in [3.8, 4) is 11.5 Å². The molecule has 0 saturated heterocycles. The van der Waals surface area contributed by atoms with E-state index in [9.17, 15) is 0 Å². The number of hydrogen-bond acceptors (Lipinski definition) is 4. The van der Waals surface area contributed by atoms with Crippen molar-refractivity contribution in [2.24, 2.45) is 4.99 Å². The quantitative estimate of drug-likeness (QED) is 0.785. The van der Waals surface area contributed by atoms with Crippen molar-refractivity contribution in [2.75, 3.05) is 18.5 Å². The van der Waals surface area contributed by atoms with Crippen LogP contribution in [0.15, 0.2) is 53.5 Å². The molecule has 0 aliphatic carbocycles. The Morgan fingerprint density at radius 2 is 1.53 bits per heavy atom. The summed E-state index contributed by atoms with van der Waals surface area (Å²) in [5.74, 6) is 1.55. The highest BCUT2D eigenvalue weighted by Crippen LogP contribution is 2.28. The van der Waals surface area contributed by atoms with E-state index in [-0.39, 0.29) is 0 Å². The fourth-order valence-electron chi connectivity index (χ4n) is 1.87. The van der Waals surface area contributed by atoms with Gasteiger partial charge in [0.2, 0.25) is 0 Å². The van der Waals surface area contributed by atoms with E-state index < -0.39 is 0 Å². The summed E-state index contributed by atoms with van der Waals surface area (Å²) >= 11 is 0. The Morgan fingerprint density at radius 3 is 2.42 bits per heavy atom. The molecule has 0 amide bonds. The van der Waals surface area contributed by atoms with Crippen LogP contribution in [0.1, 0.15) is 0 Å². The number of benzene rings is 2. The molecule has 1 aliphatic rings. The minimum absolute atomic E-state index is 0.487. The van der Waals surface area contributed by atoms with E-state index in [1.165, 1.54) is 0 Å². The second kappa shape index (κ2) is 5.44. The number of hydrogen-bond donors (Lipinski definition) is 1. The Hall–Kier alpha value is -2.49. The monoisotopic (exact) mass is 254 g/mol. The van der Waals surface area contributed by atoms with Crippen LogP contribution < -0.4 is 14.8 Å². The normalized spacial score (nSPS) is 13.9. The summed E-state index contributed by atoms with van der Waals surface area (Å²) in [6, 6.07) is 15.4. The van der Waals surface area contributed by atoms with Gasteiger partial charge < -0.3 is 14.8 Å². The lowest BCUT2D eigenvalue weighted by Gasteiger charge is -2.10. The topological polar surface area (TPSA) is 42.9 Å². The molecule has 4 nitrogen and oxygen atoms in total. The molecular weight excluding hydrogens is 240 g/mol. The molecule has 19 heavy (non-hydrogen) atoms. The number of para-hydroxylation sites is 4. The number of rotatable bonds is 0. The number of nitrogens with one attached hydrogen (secondary N) is 1. The minimum atomic E-state index is 0.487. The number of aliphatic imine (C=N–C) groups is 1. The Morgan fingerprint density at radius 1 is 0.842 bits per heavy atom. The van der Waals surface area contributed by atoms with E-state index in [1.807, 2.05) is 48.5 Å². The lowest BCUT2D eigenvalue weighted by Crippen LogP contribution is -2.09. The highest BCUT2D eigenvalue weighted by Gasteiger charge is 2.05. The first kappa shape index (κ1) is 11.6. The summed E-state index contributed by atoms with van der Waals surface area (Å²) in [5.41, 5.74) is 1.69. The Kier molecular flexibility index (Phi) is 3.32. The molecule has 1 aliphatic heterocycles. The molecule has 0 fully saturated rings. The molecule has 96 valence electrons. The molecule has 0 bridgehead atoms. The van der Waals surface area contributed by atoms with E-state index in [1.54, 1.807) is 6.34 Å². The smallest absolute Gasteiger partial charge is 0.145 e. The molecule has 1 heterocycles. The summed E-state index contributed by atoms with van der Waals surface area (Å²) in [7, 11) is 0. The van der Waals surface area contributed by atoms with Crippen LogP contribution in [0, 0.1) is 0 Å². The van der Waals surface area contributed by atoms with Gasteiger partial charge in [0.15, 0.2) is 0 Å². The third-order valence-corrected chi connectivity index (χ3v) is 2.77. The van der Waals surface area contributed by atoms with Crippen LogP contribution in [-0.4, -0.2) is 19.6 Å². The van der Waals surface area contributed by atoms with E-state index in [4.69, 9.17) is 9.47 Å². The molecular formula is C15H14N2O2. The number of anilines is 1. The molecule has 2 aromatic rings. The highest BCUT2D eigenvalue weighted by molar-refractivity contribution is 5.81. The van der Waals surface area contributed by atoms with Crippen molar-refractivity contribution in [1.29, 1.82) is 0 Å². The second-order valence-electron chi connectivity index (χ2n) is 4.06. The van der Waals surface area contributed by atoms with Crippen molar-refractivity contribution in [2.45, 2.75) is 0 Å². The van der Waals surface area contributed by atoms with Crippen molar-refractivity contribution < 1.29 is 9.47 Å². The average molecular weight is 254 g/mol. The van der Waals surface area contributed by atoms with Gasteiger partial charge in [0.1, 0.15) is 30.4 Å². The maximum atomic E-state index is 5.69. The standard InChI is InChI=1S/C15H14N2O2/c1-3-7-14-12(5-1)16-11-17-13-6-2-4-8-15(13)19-10-9-18-14/h1-8,11H,9-10H2,(H,16,17). The lowest BCUT2D eigenvalue weighted by atomic mass is 10.3. The van der Waals surface area contributed by atoms with Gasteiger partial charge in [-0.2, -0.15) is 0 Å². The van der Waals surface area contributed by atoms with Crippen molar-refractivity contribution in [3.05, 3.63) is 48.5 Å². The van der Waals surface area contributed by atoms with Gasteiger partial charge in [-0.15, -0.1) is 0 Å². The Balaban J connectivity index is 1.91. The zero-order valence-electron chi connectivity index (χ0n) is 10.4. The summed E-state index contributed by atoms with van der Waals surface area (Å²) in [6.07, 6.45) is 1.65. The first-order valence-electron chi connectivity index (χ1n) is 6.16. The van der Waals surface area contributed by atoms with Crippen molar-refractivity contribution >= 4 is 17.7 Å². The van der Waals surface area contributed by atoms with Gasteiger partial charge in [0.05, 0.1) is 12.0 Å². The number of nitrogens with zero attached hydrogens (tertiary/aromatic N) is 1. The summed E-state index contributed by atoms with van der Waals surface area (Å²) in [6.45, 7) is 0.980. The van der Waals surface area contributed by atoms with E-state index in [2.05, 4.69) is 10.3 Å². The predicted molar refractivity (Wildman–Crippen MR) is 75.6 cm³/mol. The van der Waals surface area contributed by atoms with Crippen LogP contribution in [0.25, 0.3) is 0 Å². The Bertz CT molecular complexity index is 596. The van der Waals surface area contributed by atoms with Crippen LogP contribution in [0.2, 0.25) is 0 Å². The lowest BCUT2D eigenvalue weighted by molar-refractivity contribution is 0.218. The Labute approximate surface area is 111 Å². The van der Waals surface area contributed by atoms with Crippen LogP contribution >= 0.6 is 0 Å². The molecule has 0 aromatic heterocycles. The second-order valence-corrected chi connectivity index (χ2v) is 4.06. The maximum Gasteiger partial charge on any atom is 0.145 e. The largest absolute Gasteiger partial charge is 0.488 e. The van der Waals surface area contributed by atoms with Gasteiger partial charge in [-0.05, 0) is 24.3 Å². The first-order chi connectivity index (χ1) is 9.43. The minimum Gasteiger partial charge on any atom is -0.488 e. The summed E-state index contributed by atoms with van der Waals surface area (Å²) in [5, 5.41) is 3.13. The zero-order valence-corrected chi connectivity index (χ0v) is 10.4. The van der Waals surface area contributed by atoms with Gasteiger partial charge in [0, 0.05) is 0 Å². The third kappa shape index (κ3) is 2.68. The predicted octanol–water partition coefficient (Wildman–Crippen LogP) is 3.23. The highest BCUT2D eigenvalue weighted by atomic mass is 16.5. The fourth-order valence-corrected chi connectivity index (χ4v) is 1.87. The van der Waals surface area contributed by atoms with Crippen molar-refractivity contribution in [1.82, 2.24) is 0 Å². The average Bonchev–Trinajstić information content (AvgIpc) is 2.49. The summed E-state index contributed by atoms with van der Waals surface area (Å²) < 4.78 is 11.4. The van der Waals surface area contributed by atoms with Crippen molar-refractivity contribution in [3.63, 3.8) is 0 Å². The molecule has 0 spiro atoms. The van der Waals surface area contributed by atoms with E-state index in [0.29, 0.717) is 13.2 Å². The van der Waals surface area contributed by atoms with Crippen LogP contribution in [0.4, 0.5) is 11.4 Å². The van der Waals surface area contributed by atoms with Crippen LogP contribution in [-0.2, 0) is 0 Å².